The van der Waals surface area contributed by atoms with E-state index < -0.39 is 38.3 Å². The molecule has 0 radical (unpaired) electrons. The van der Waals surface area contributed by atoms with Crippen molar-refractivity contribution < 1.29 is 26.8 Å². The Kier molecular flexibility index (Phi) is 7.72. The summed E-state index contributed by atoms with van der Waals surface area (Å²) in [7, 11) is -3.84. The first-order valence-corrected chi connectivity index (χ1v) is 11.0. The number of carbonyl (C=O) groups excluding carboxylic acids is 1. The Morgan fingerprint density at radius 2 is 1.97 bits per heavy atom. The smallest absolute Gasteiger partial charge is 0.407 e. The fourth-order valence-electron chi connectivity index (χ4n) is 2.46. The predicted octanol–water partition coefficient (Wildman–Crippen LogP) is 3.42. The number of hydrogen-bond donors (Lipinski definition) is 1. The van der Waals surface area contributed by atoms with Crippen LogP contribution < -0.4 is 5.32 Å². The first kappa shape index (κ1) is 22.8. The molecule has 160 valence electrons. The van der Waals surface area contributed by atoms with Crippen LogP contribution in [0, 0.1) is 5.82 Å². The van der Waals surface area contributed by atoms with Crippen LogP contribution in [0.4, 0.5) is 9.18 Å². The Morgan fingerprint density at radius 3 is 2.66 bits per heavy atom. The third-order valence-corrected chi connectivity index (χ3v) is 5.11. The molecule has 1 aromatic carbocycles. The lowest BCUT2D eigenvalue weighted by molar-refractivity contribution is 0.0527. The molecule has 0 aliphatic carbocycles. The van der Waals surface area contributed by atoms with Gasteiger partial charge in [0.15, 0.2) is 0 Å². The summed E-state index contributed by atoms with van der Waals surface area (Å²) in [6.45, 7) is 5.86. The summed E-state index contributed by atoms with van der Waals surface area (Å²) in [5.74, 6) is -0.698. The molecular weight excluding hydrogens is 401 g/mol. The summed E-state index contributed by atoms with van der Waals surface area (Å²) >= 11 is 0. The highest BCUT2D eigenvalue weighted by Crippen LogP contribution is 2.17. The minimum Gasteiger partial charge on any atom is -0.444 e. The van der Waals surface area contributed by atoms with Crippen LogP contribution in [0.1, 0.15) is 51.5 Å². The van der Waals surface area contributed by atoms with Gasteiger partial charge in [0, 0.05) is 13.0 Å². The van der Waals surface area contributed by atoms with Crippen LogP contribution in [-0.4, -0.2) is 36.9 Å². The molecule has 0 aliphatic heterocycles. The van der Waals surface area contributed by atoms with Gasteiger partial charge >= 0.3 is 11.3 Å². The van der Waals surface area contributed by atoms with E-state index in [2.05, 4.69) is 15.5 Å². The molecular formula is C19H26FN3O5S. The molecule has 0 bridgehead atoms. The Hall–Kier alpha value is -2.49. The van der Waals surface area contributed by atoms with Gasteiger partial charge in [-0.15, -0.1) is 5.10 Å². The molecule has 8 nitrogen and oxygen atoms in total. The number of ether oxygens (including phenoxy) is 1. The van der Waals surface area contributed by atoms with Gasteiger partial charge in [0.1, 0.15) is 11.4 Å². The van der Waals surface area contributed by atoms with Crippen molar-refractivity contribution in [3.05, 3.63) is 41.5 Å². The molecule has 0 aliphatic rings. The monoisotopic (exact) mass is 427 g/mol. The van der Waals surface area contributed by atoms with Crippen molar-refractivity contribution in [1.82, 2.24) is 15.5 Å². The Morgan fingerprint density at radius 1 is 1.21 bits per heavy atom. The number of carbonyl (C=O) groups is 1. The summed E-state index contributed by atoms with van der Waals surface area (Å²) in [5, 5.41) is 9.58. The molecule has 29 heavy (non-hydrogen) atoms. The highest BCUT2D eigenvalue weighted by molar-refractivity contribution is 7.90. The van der Waals surface area contributed by atoms with E-state index in [0.717, 1.165) is 18.9 Å². The van der Waals surface area contributed by atoms with Crippen LogP contribution >= 0.6 is 0 Å². The first-order valence-electron chi connectivity index (χ1n) is 9.31. The lowest BCUT2D eigenvalue weighted by atomic mass is 10.2. The van der Waals surface area contributed by atoms with E-state index in [1.165, 1.54) is 18.2 Å². The van der Waals surface area contributed by atoms with Crippen molar-refractivity contribution in [3.8, 4) is 0 Å². The van der Waals surface area contributed by atoms with Crippen LogP contribution in [-0.2, 0) is 26.7 Å². The third kappa shape index (κ3) is 8.18. The van der Waals surface area contributed by atoms with Crippen molar-refractivity contribution in [2.75, 3.05) is 6.54 Å². The number of amides is 1. The van der Waals surface area contributed by atoms with Crippen molar-refractivity contribution >= 4 is 15.9 Å². The van der Waals surface area contributed by atoms with E-state index in [1.54, 1.807) is 20.8 Å². The molecule has 0 spiro atoms. The zero-order valence-electron chi connectivity index (χ0n) is 16.8. The average Bonchev–Trinajstić information content (AvgIpc) is 3.06. The van der Waals surface area contributed by atoms with Crippen molar-refractivity contribution in [3.63, 3.8) is 0 Å². The lowest BCUT2D eigenvalue weighted by Crippen LogP contribution is -2.32. The average molecular weight is 427 g/mol. The van der Waals surface area contributed by atoms with Gasteiger partial charge in [-0.1, -0.05) is 23.7 Å². The molecule has 0 saturated heterocycles. The van der Waals surface area contributed by atoms with Gasteiger partial charge in [-0.05, 0) is 51.3 Å². The Balaban J connectivity index is 1.74. The van der Waals surface area contributed by atoms with Crippen LogP contribution in [0.3, 0.4) is 0 Å². The quantitative estimate of drug-likeness (QED) is 0.610. The number of sulfone groups is 1. The van der Waals surface area contributed by atoms with Gasteiger partial charge < -0.3 is 14.5 Å². The minimum atomic E-state index is -3.84. The fraction of sp³-hybridized carbons (Fsp3) is 0.526. The van der Waals surface area contributed by atoms with E-state index in [9.17, 15) is 17.6 Å². The van der Waals surface area contributed by atoms with Crippen LogP contribution in [0.5, 0.6) is 0 Å². The fourth-order valence-corrected chi connectivity index (χ4v) is 3.59. The summed E-state index contributed by atoms with van der Waals surface area (Å²) in [5.41, 5.74) is -0.225. The summed E-state index contributed by atoms with van der Waals surface area (Å²) in [6, 6.07) is 5.35. The van der Waals surface area contributed by atoms with Crippen LogP contribution in [0.2, 0.25) is 0 Å². The van der Waals surface area contributed by atoms with Crippen molar-refractivity contribution in [2.24, 2.45) is 0 Å². The second kappa shape index (κ2) is 9.82. The summed E-state index contributed by atoms with van der Waals surface area (Å²) < 4.78 is 48.3. The maximum absolute atomic E-state index is 13.2. The van der Waals surface area contributed by atoms with Gasteiger partial charge in [0.05, 0.1) is 5.75 Å². The second-order valence-electron chi connectivity index (χ2n) is 7.59. The molecule has 0 fully saturated rings. The number of aryl methyl sites for hydroxylation is 1. The number of unbranched alkanes of at least 4 members (excludes halogenated alkanes) is 2. The molecule has 1 N–H and O–H groups in total. The van der Waals surface area contributed by atoms with E-state index in [0.29, 0.717) is 24.9 Å². The molecule has 1 amide bonds. The van der Waals surface area contributed by atoms with Crippen molar-refractivity contribution in [2.45, 2.75) is 63.0 Å². The molecule has 2 rings (SSSR count). The highest BCUT2D eigenvalue weighted by atomic mass is 32.2. The molecule has 0 unspecified atom stereocenters. The summed E-state index contributed by atoms with van der Waals surface area (Å²) in [4.78, 5) is 11.5. The number of nitrogens with zero attached hydrogens (tertiary/aromatic N) is 2. The number of rotatable bonds is 9. The topological polar surface area (TPSA) is 111 Å². The number of aromatic nitrogens is 2. The van der Waals surface area contributed by atoms with E-state index in [4.69, 9.17) is 9.15 Å². The summed E-state index contributed by atoms with van der Waals surface area (Å²) in [6.07, 6.45) is 2.18. The standard InChI is InChI=1S/C19H26FN3O5S/c1-19(2,3)28-17(24)21-11-6-4-5-10-16-22-23-18(27-16)29(25,26)13-14-8-7-9-15(20)12-14/h7-9,12H,4-6,10-11,13H2,1-3H3,(H,21,24). The number of halogens is 1. The van der Waals surface area contributed by atoms with Gasteiger partial charge in [-0.25, -0.2) is 17.6 Å². The van der Waals surface area contributed by atoms with Gasteiger partial charge in [-0.3, -0.25) is 0 Å². The highest BCUT2D eigenvalue weighted by Gasteiger charge is 2.23. The zero-order valence-corrected chi connectivity index (χ0v) is 17.6. The van der Waals surface area contributed by atoms with E-state index >= 15 is 0 Å². The SMILES string of the molecule is CC(C)(C)OC(=O)NCCCCCc1nnc(S(=O)(=O)Cc2cccc(F)c2)o1. The van der Waals surface area contributed by atoms with Crippen LogP contribution in [0.25, 0.3) is 0 Å². The van der Waals surface area contributed by atoms with Gasteiger partial charge in [0.2, 0.25) is 15.7 Å². The largest absolute Gasteiger partial charge is 0.444 e. The Bertz CT molecular complexity index is 922. The number of alkyl carbamates (subject to hydrolysis) is 1. The molecule has 0 atom stereocenters. The van der Waals surface area contributed by atoms with E-state index in [1.807, 2.05) is 0 Å². The van der Waals surface area contributed by atoms with Gasteiger partial charge in [0.25, 0.3) is 0 Å². The predicted molar refractivity (Wildman–Crippen MR) is 103 cm³/mol. The number of benzene rings is 1. The Labute approximate surface area is 169 Å². The normalized spacial score (nSPS) is 12.0. The van der Waals surface area contributed by atoms with Gasteiger partial charge in [-0.2, -0.15) is 0 Å². The molecule has 1 heterocycles. The maximum atomic E-state index is 13.2. The first-order chi connectivity index (χ1) is 13.5. The third-order valence-electron chi connectivity index (χ3n) is 3.70. The van der Waals surface area contributed by atoms with Crippen LogP contribution in [0.15, 0.2) is 33.9 Å². The second-order valence-corrected chi connectivity index (χ2v) is 9.46. The molecule has 1 aromatic heterocycles. The minimum absolute atomic E-state index is 0.225. The number of hydrogen-bond acceptors (Lipinski definition) is 7. The van der Waals surface area contributed by atoms with Crippen molar-refractivity contribution in [1.29, 1.82) is 0 Å². The maximum Gasteiger partial charge on any atom is 0.407 e. The number of nitrogens with one attached hydrogen (secondary N) is 1. The molecule has 10 heteroatoms. The van der Waals surface area contributed by atoms with E-state index in [-0.39, 0.29) is 5.89 Å². The lowest BCUT2D eigenvalue weighted by Gasteiger charge is -2.19. The molecule has 2 aromatic rings. The zero-order chi connectivity index (χ0) is 21.5. The molecule has 0 saturated carbocycles.